The molecule has 0 bridgehead atoms. The molecule has 0 saturated heterocycles. The van der Waals surface area contributed by atoms with Crippen LogP contribution in [-0.4, -0.2) is 31.1 Å². The molecule has 0 aliphatic heterocycles. The van der Waals surface area contributed by atoms with Crippen LogP contribution in [0, 0.1) is 5.41 Å². The Morgan fingerprint density at radius 1 is 1.36 bits per heavy atom. The van der Waals surface area contributed by atoms with Gasteiger partial charge in [-0.3, -0.25) is 0 Å². The summed E-state index contributed by atoms with van der Waals surface area (Å²) in [6, 6.07) is 0. The normalized spacial score (nSPS) is 16.7. The van der Waals surface area contributed by atoms with E-state index in [0.717, 1.165) is 0 Å². The largest absolute Gasteiger partial charge is 0.389 e. The second kappa shape index (κ2) is 3.67. The third-order valence-electron chi connectivity index (χ3n) is 2.20. The van der Waals surface area contributed by atoms with E-state index in [1.807, 2.05) is 20.8 Å². The first kappa shape index (κ1) is 11.1. The van der Waals surface area contributed by atoms with Crippen LogP contribution in [0.4, 0.5) is 0 Å². The van der Waals surface area contributed by atoms with Gasteiger partial charge in [-0.05, 0) is 5.41 Å². The van der Waals surface area contributed by atoms with Crippen LogP contribution in [-0.2, 0) is 7.05 Å². The molecule has 0 aliphatic carbocycles. The summed E-state index contributed by atoms with van der Waals surface area (Å²) in [6.45, 7) is 5.58. The maximum atomic E-state index is 9.82. The van der Waals surface area contributed by atoms with Crippen molar-refractivity contribution in [3.63, 3.8) is 0 Å². The molecule has 1 heterocycles. The molecule has 2 atom stereocenters. The Hall–Kier alpha value is -0.940. The van der Waals surface area contributed by atoms with Gasteiger partial charge < -0.3 is 14.8 Å². The predicted octanol–water partition coefficient (Wildman–Crippen LogP) is 0.255. The van der Waals surface area contributed by atoms with E-state index in [4.69, 9.17) is 0 Å². The number of nitrogens with zero attached hydrogens (tertiary/aromatic N) is 3. The monoisotopic (exact) mass is 199 g/mol. The number of aliphatic hydroxyl groups excluding tert-OH is 2. The van der Waals surface area contributed by atoms with Gasteiger partial charge in [0.05, 0.1) is 6.10 Å². The maximum absolute atomic E-state index is 9.82. The summed E-state index contributed by atoms with van der Waals surface area (Å²) >= 11 is 0. The zero-order chi connectivity index (χ0) is 10.9. The Morgan fingerprint density at radius 2 is 1.93 bits per heavy atom. The lowest BCUT2D eigenvalue weighted by Gasteiger charge is -2.29. The molecule has 1 rings (SSSR count). The van der Waals surface area contributed by atoms with Crippen LogP contribution in [0.5, 0.6) is 0 Å². The van der Waals surface area contributed by atoms with Crippen molar-refractivity contribution in [3.8, 4) is 0 Å². The van der Waals surface area contributed by atoms with Crippen LogP contribution in [0.25, 0.3) is 0 Å². The van der Waals surface area contributed by atoms with Crippen molar-refractivity contribution >= 4 is 0 Å². The van der Waals surface area contributed by atoms with Crippen LogP contribution >= 0.6 is 0 Å². The highest BCUT2D eigenvalue weighted by Gasteiger charge is 2.32. The summed E-state index contributed by atoms with van der Waals surface area (Å²) in [6.07, 6.45) is -0.360. The molecule has 0 aromatic carbocycles. The Bertz CT molecular complexity index is 303. The lowest BCUT2D eigenvalue weighted by molar-refractivity contribution is -0.0509. The lowest BCUT2D eigenvalue weighted by atomic mass is 9.85. The van der Waals surface area contributed by atoms with Gasteiger partial charge in [0.15, 0.2) is 5.82 Å². The van der Waals surface area contributed by atoms with Crippen LogP contribution < -0.4 is 0 Å². The summed E-state index contributed by atoms with van der Waals surface area (Å²) in [4.78, 5) is 0. The number of aromatic nitrogens is 3. The van der Waals surface area contributed by atoms with E-state index in [-0.39, 0.29) is 5.41 Å². The highest BCUT2D eigenvalue weighted by Crippen LogP contribution is 2.28. The lowest BCUT2D eigenvalue weighted by Crippen LogP contribution is -2.33. The van der Waals surface area contributed by atoms with Gasteiger partial charge in [-0.2, -0.15) is 0 Å². The van der Waals surface area contributed by atoms with Crippen molar-refractivity contribution in [2.24, 2.45) is 12.5 Å². The molecular weight excluding hydrogens is 182 g/mol. The van der Waals surface area contributed by atoms with Gasteiger partial charge in [0.2, 0.25) is 0 Å². The Kier molecular flexibility index (Phi) is 2.92. The Morgan fingerprint density at radius 3 is 2.29 bits per heavy atom. The number of aryl methyl sites for hydroxylation is 1. The molecule has 0 aliphatic rings. The molecule has 0 amide bonds. The second-order valence-electron chi connectivity index (χ2n) is 4.56. The van der Waals surface area contributed by atoms with Gasteiger partial charge in [-0.1, -0.05) is 20.8 Å². The molecule has 0 fully saturated rings. The molecule has 2 unspecified atom stereocenters. The summed E-state index contributed by atoms with van der Waals surface area (Å²) in [5.41, 5.74) is -0.384. The first-order valence-corrected chi connectivity index (χ1v) is 4.54. The Labute approximate surface area is 83.4 Å². The average Bonchev–Trinajstić information content (AvgIpc) is 2.47. The van der Waals surface area contributed by atoms with Gasteiger partial charge >= 0.3 is 0 Å². The third-order valence-corrected chi connectivity index (χ3v) is 2.20. The fraction of sp³-hybridized carbons (Fsp3) is 0.778. The number of hydrogen-bond donors (Lipinski definition) is 2. The summed E-state index contributed by atoms with van der Waals surface area (Å²) in [5.74, 6) is 0.382. The molecule has 2 N–H and O–H groups in total. The smallest absolute Gasteiger partial charge is 0.164 e. The molecule has 0 saturated carbocycles. The summed E-state index contributed by atoms with van der Waals surface area (Å²) in [7, 11) is 1.73. The minimum Gasteiger partial charge on any atom is -0.389 e. The molecular formula is C9H17N3O2. The van der Waals surface area contributed by atoms with Crippen molar-refractivity contribution in [2.45, 2.75) is 33.0 Å². The molecule has 1 aromatic heterocycles. The fourth-order valence-corrected chi connectivity index (χ4v) is 1.17. The van der Waals surface area contributed by atoms with Crippen molar-refractivity contribution in [3.05, 3.63) is 12.2 Å². The quantitative estimate of drug-likeness (QED) is 0.716. The van der Waals surface area contributed by atoms with Gasteiger partial charge in [0.1, 0.15) is 12.4 Å². The van der Waals surface area contributed by atoms with Gasteiger partial charge in [0, 0.05) is 7.05 Å². The fourth-order valence-electron chi connectivity index (χ4n) is 1.17. The zero-order valence-corrected chi connectivity index (χ0v) is 8.97. The molecule has 14 heavy (non-hydrogen) atoms. The van der Waals surface area contributed by atoms with Gasteiger partial charge in [-0.15, -0.1) is 10.2 Å². The molecule has 80 valence electrons. The van der Waals surface area contributed by atoms with Gasteiger partial charge in [0.25, 0.3) is 0 Å². The first-order chi connectivity index (χ1) is 6.34. The SMILES string of the molecule is Cn1cnnc1C(O)C(O)C(C)(C)C. The molecule has 5 heteroatoms. The molecule has 1 aromatic rings. The number of hydrogen-bond acceptors (Lipinski definition) is 4. The zero-order valence-electron chi connectivity index (χ0n) is 8.97. The van der Waals surface area contributed by atoms with Crippen molar-refractivity contribution < 1.29 is 10.2 Å². The topological polar surface area (TPSA) is 71.2 Å². The van der Waals surface area contributed by atoms with Crippen molar-refractivity contribution in [1.29, 1.82) is 0 Å². The van der Waals surface area contributed by atoms with Crippen LogP contribution in [0.15, 0.2) is 6.33 Å². The number of rotatable bonds is 2. The number of aliphatic hydroxyl groups is 2. The van der Waals surface area contributed by atoms with Crippen molar-refractivity contribution in [1.82, 2.24) is 14.8 Å². The summed E-state index contributed by atoms with van der Waals surface area (Å²) < 4.78 is 1.60. The molecule has 5 nitrogen and oxygen atoms in total. The van der Waals surface area contributed by atoms with Crippen LogP contribution in [0.2, 0.25) is 0 Å². The van der Waals surface area contributed by atoms with E-state index < -0.39 is 12.2 Å². The van der Waals surface area contributed by atoms with E-state index in [2.05, 4.69) is 10.2 Å². The standard InChI is InChI=1S/C9H17N3O2/c1-9(2,3)7(14)6(13)8-11-10-5-12(8)4/h5-7,13-14H,1-4H3. The second-order valence-corrected chi connectivity index (χ2v) is 4.56. The molecule has 0 radical (unpaired) electrons. The van der Waals surface area contributed by atoms with Crippen LogP contribution in [0.3, 0.4) is 0 Å². The maximum Gasteiger partial charge on any atom is 0.164 e. The van der Waals surface area contributed by atoms with E-state index in [9.17, 15) is 10.2 Å². The molecule has 0 spiro atoms. The minimum absolute atomic E-state index is 0.382. The van der Waals surface area contributed by atoms with E-state index in [1.54, 1.807) is 11.6 Å². The average molecular weight is 199 g/mol. The van der Waals surface area contributed by atoms with Crippen LogP contribution in [0.1, 0.15) is 32.7 Å². The Balaban J connectivity index is 2.86. The van der Waals surface area contributed by atoms with E-state index in [0.29, 0.717) is 5.82 Å². The third kappa shape index (κ3) is 2.10. The van der Waals surface area contributed by atoms with Crippen molar-refractivity contribution in [2.75, 3.05) is 0 Å². The van der Waals surface area contributed by atoms with E-state index in [1.165, 1.54) is 6.33 Å². The highest BCUT2D eigenvalue weighted by atomic mass is 16.3. The minimum atomic E-state index is -0.998. The predicted molar refractivity (Wildman–Crippen MR) is 51.4 cm³/mol. The van der Waals surface area contributed by atoms with E-state index >= 15 is 0 Å². The highest BCUT2D eigenvalue weighted by molar-refractivity contribution is 4.96. The summed E-state index contributed by atoms with van der Waals surface area (Å²) in [5, 5.41) is 27.0. The van der Waals surface area contributed by atoms with Gasteiger partial charge in [-0.25, -0.2) is 0 Å². The first-order valence-electron chi connectivity index (χ1n) is 4.54.